The van der Waals surface area contributed by atoms with Crippen LogP contribution in [0.4, 0.5) is 0 Å². The molecule has 17 heavy (non-hydrogen) atoms. The SMILES string of the molecule is CN1CCc2ccccc2C1C1CC[N]CC1. The summed E-state index contributed by atoms with van der Waals surface area (Å²) < 4.78 is 0. The van der Waals surface area contributed by atoms with Gasteiger partial charge in [0.2, 0.25) is 0 Å². The summed E-state index contributed by atoms with van der Waals surface area (Å²) in [6, 6.07) is 9.65. The molecule has 2 heteroatoms. The Morgan fingerprint density at radius 3 is 2.76 bits per heavy atom. The lowest BCUT2D eigenvalue weighted by atomic mass is 9.81. The van der Waals surface area contributed by atoms with Crippen LogP contribution in [-0.2, 0) is 6.42 Å². The lowest BCUT2D eigenvalue weighted by Gasteiger charge is -2.41. The van der Waals surface area contributed by atoms with Crippen molar-refractivity contribution in [3.8, 4) is 0 Å². The van der Waals surface area contributed by atoms with Crippen LogP contribution in [-0.4, -0.2) is 31.6 Å². The van der Waals surface area contributed by atoms with Crippen molar-refractivity contribution < 1.29 is 0 Å². The van der Waals surface area contributed by atoms with Gasteiger partial charge in [-0.25, -0.2) is 5.32 Å². The Hall–Kier alpha value is -0.860. The first-order valence-electron chi connectivity index (χ1n) is 6.77. The number of likely N-dealkylation sites (N-methyl/N-ethyl adjacent to an activating group) is 1. The number of benzene rings is 1. The number of rotatable bonds is 1. The molecule has 2 aliphatic heterocycles. The van der Waals surface area contributed by atoms with E-state index < -0.39 is 0 Å². The van der Waals surface area contributed by atoms with E-state index in [9.17, 15) is 0 Å². The van der Waals surface area contributed by atoms with E-state index in [1.165, 1.54) is 25.8 Å². The van der Waals surface area contributed by atoms with E-state index >= 15 is 0 Å². The molecule has 1 fully saturated rings. The van der Waals surface area contributed by atoms with E-state index in [0.29, 0.717) is 6.04 Å². The molecule has 2 aliphatic rings. The molecule has 0 bridgehead atoms. The first kappa shape index (κ1) is 11.2. The highest BCUT2D eigenvalue weighted by Crippen LogP contribution is 2.38. The molecule has 1 atom stereocenters. The van der Waals surface area contributed by atoms with E-state index in [4.69, 9.17) is 0 Å². The van der Waals surface area contributed by atoms with E-state index in [1.807, 2.05) is 0 Å². The van der Waals surface area contributed by atoms with E-state index in [-0.39, 0.29) is 0 Å². The molecule has 0 aromatic heterocycles. The Labute approximate surface area is 104 Å². The van der Waals surface area contributed by atoms with Crippen molar-refractivity contribution in [3.63, 3.8) is 0 Å². The Kier molecular flexibility index (Phi) is 3.17. The van der Waals surface area contributed by atoms with Crippen LogP contribution in [0, 0.1) is 5.92 Å². The predicted molar refractivity (Wildman–Crippen MR) is 70.1 cm³/mol. The molecule has 0 aliphatic carbocycles. The van der Waals surface area contributed by atoms with E-state index in [0.717, 1.165) is 19.0 Å². The number of hydrogen-bond acceptors (Lipinski definition) is 1. The fraction of sp³-hybridized carbons (Fsp3) is 0.600. The summed E-state index contributed by atoms with van der Waals surface area (Å²) in [5, 5.41) is 4.48. The zero-order valence-electron chi connectivity index (χ0n) is 10.6. The van der Waals surface area contributed by atoms with Gasteiger partial charge in [0.15, 0.2) is 0 Å². The molecule has 91 valence electrons. The van der Waals surface area contributed by atoms with Crippen LogP contribution >= 0.6 is 0 Å². The van der Waals surface area contributed by atoms with Gasteiger partial charge in [-0.1, -0.05) is 24.3 Å². The Morgan fingerprint density at radius 1 is 1.18 bits per heavy atom. The van der Waals surface area contributed by atoms with Crippen molar-refractivity contribution in [3.05, 3.63) is 35.4 Å². The third-order valence-electron chi connectivity index (χ3n) is 4.34. The smallest absolute Gasteiger partial charge is 0.0377 e. The standard InChI is InChI=1S/C15H21N2/c1-17-11-8-12-4-2-3-5-14(12)15(17)13-6-9-16-10-7-13/h2-5,13,15H,6-11H2,1H3. The first-order valence-corrected chi connectivity index (χ1v) is 6.77. The summed E-state index contributed by atoms with van der Waals surface area (Å²) in [5.41, 5.74) is 3.14. The molecular formula is C15H21N2. The monoisotopic (exact) mass is 229 g/mol. The van der Waals surface area contributed by atoms with Crippen LogP contribution in [0.15, 0.2) is 24.3 Å². The molecule has 1 saturated heterocycles. The molecule has 1 aromatic carbocycles. The van der Waals surface area contributed by atoms with Gasteiger partial charge < -0.3 is 0 Å². The predicted octanol–water partition coefficient (Wildman–Crippen LogP) is 2.23. The average molecular weight is 229 g/mol. The van der Waals surface area contributed by atoms with Gasteiger partial charge >= 0.3 is 0 Å². The third-order valence-corrected chi connectivity index (χ3v) is 4.34. The number of fused-ring (bicyclic) bond motifs is 1. The van der Waals surface area contributed by atoms with Gasteiger partial charge in [-0.2, -0.15) is 0 Å². The molecular weight excluding hydrogens is 208 g/mol. The van der Waals surface area contributed by atoms with Crippen LogP contribution in [0.3, 0.4) is 0 Å². The van der Waals surface area contributed by atoms with Gasteiger partial charge in [-0.3, -0.25) is 4.90 Å². The van der Waals surface area contributed by atoms with Crippen molar-refractivity contribution in [2.45, 2.75) is 25.3 Å². The highest BCUT2D eigenvalue weighted by molar-refractivity contribution is 5.33. The fourth-order valence-electron chi connectivity index (χ4n) is 3.42. The lowest BCUT2D eigenvalue weighted by molar-refractivity contribution is 0.139. The molecule has 1 radical (unpaired) electrons. The summed E-state index contributed by atoms with van der Waals surface area (Å²) in [6.07, 6.45) is 3.74. The summed E-state index contributed by atoms with van der Waals surface area (Å²) in [5.74, 6) is 0.805. The van der Waals surface area contributed by atoms with Gasteiger partial charge in [0.25, 0.3) is 0 Å². The van der Waals surface area contributed by atoms with Gasteiger partial charge in [-0.05, 0) is 43.4 Å². The molecule has 0 amide bonds. The molecule has 0 N–H and O–H groups in total. The van der Waals surface area contributed by atoms with E-state index in [2.05, 4.69) is 41.5 Å². The normalized spacial score (nSPS) is 26.8. The second kappa shape index (κ2) is 4.79. The molecule has 1 unspecified atom stereocenters. The zero-order valence-corrected chi connectivity index (χ0v) is 10.6. The summed E-state index contributed by atoms with van der Waals surface area (Å²) in [4.78, 5) is 2.55. The minimum absolute atomic E-state index is 0.635. The van der Waals surface area contributed by atoms with Gasteiger partial charge in [0.1, 0.15) is 0 Å². The highest BCUT2D eigenvalue weighted by atomic mass is 15.1. The van der Waals surface area contributed by atoms with Crippen LogP contribution in [0.2, 0.25) is 0 Å². The fourth-order valence-corrected chi connectivity index (χ4v) is 3.42. The minimum atomic E-state index is 0.635. The summed E-state index contributed by atoms with van der Waals surface area (Å²) >= 11 is 0. The summed E-state index contributed by atoms with van der Waals surface area (Å²) in [6.45, 7) is 3.34. The second-order valence-corrected chi connectivity index (χ2v) is 5.38. The maximum Gasteiger partial charge on any atom is 0.0377 e. The average Bonchev–Trinajstić information content (AvgIpc) is 2.39. The van der Waals surface area contributed by atoms with Crippen LogP contribution in [0.5, 0.6) is 0 Å². The van der Waals surface area contributed by atoms with Crippen LogP contribution < -0.4 is 5.32 Å². The number of nitrogens with zero attached hydrogens (tertiary/aromatic N) is 2. The van der Waals surface area contributed by atoms with Gasteiger partial charge in [0, 0.05) is 25.7 Å². The Bertz CT molecular complexity index is 382. The van der Waals surface area contributed by atoms with Gasteiger partial charge in [0.05, 0.1) is 0 Å². The number of hydrogen-bond donors (Lipinski definition) is 0. The van der Waals surface area contributed by atoms with Crippen molar-refractivity contribution in [1.29, 1.82) is 0 Å². The minimum Gasteiger partial charge on any atom is -0.299 e. The topological polar surface area (TPSA) is 17.3 Å². The van der Waals surface area contributed by atoms with Crippen molar-refractivity contribution in [2.24, 2.45) is 5.92 Å². The molecule has 0 saturated carbocycles. The number of piperidine rings is 1. The molecule has 0 spiro atoms. The first-order chi connectivity index (χ1) is 8.36. The molecule has 2 heterocycles. The zero-order chi connectivity index (χ0) is 11.7. The molecule has 2 nitrogen and oxygen atoms in total. The lowest BCUT2D eigenvalue weighted by Crippen LogP contribution is -2.39. The maximum absolute atomic E-state index is 4.48. The Balaban J connectivity index is 1.91. The van der Waals surface area contributed by atoms with Crippen molar-refractivity contribution in [2.75, 3.05) is 26.7 Å². The van der Waals surface area contributed by atoms with Crippen LogP contribution in [0.25, 0.3) is 0 Å². The maximum atomic E-state index is 4.48. The Morgan fingerprint density at radius 2 is 1.94 bits per heavy atom. The second-order valence-electron chi connectivity index (χ2n) is 5.38. The highest BCUT2D eigenvalue weighted by Gasteiger charge is 2.32. The van der Waals surface area contributed by atoms with Gasteiger partial charge in [-0.15, -0.1) is 0 Å². The van der Waals surface area contributed by atoms with E-state index in [1.54, 1.807) is 11.1 Å². The molecule has 3 rings (SSSR count). The van der Waals surface area contributed by atoms with Crippen molar-refractivity contribution in [1.82, 2.24) is 10.2 Å². The quantitative estimate of drug-likeness (QED) is 0.722. The van der Waals surface area contributed by atoms with Crippen molar-refractivity contribution >= 4 is 0 Å². The largest absolute Gasteiger partial charge is 0.299 e. The summed E-state index contributed by atoms with van der Waals surface area (Å²) in [7, 11) is 2.28. The third kappa shape index (κ3) is 2.12. The molecule has 1 aromatic rings. The van der Waals surface area contributed by atoms with Crippen LogP contribution in [0.1, 0.15) is 30.0 Å².